The van der Waals surface area contributed by atoms with Gasteiger partial charge in [-0.3, -0.25) is 9.59 Å². The first kappa shape index (κ1) is 35.5. The number of aliphatic carboxylic acids is 2. The molecule has 0 aromatic rings. The molecule has 208 valence electrons. The van der Waals surface area contributed by atoms with Gasteiger partial charge in [0.05, 0.1) is 13.2 Å². The van der Waals surface area contributed by atoms with E-state index in [0.29, 0.717) is 19.3 Å². The number of carboxylic acid groups (broad SMARTS) is 2. The summed E-state index contributed by atoms with van der Waals surface area (Å²) in [6.07, 6.45) is 20.0. The summed E-state index contributed by atoms with van der Waals surface area (Å²) in [7, 11) is 0. The maximum atomic E-state index is 10.4. The van der Waals surface area contributed by atoms with Crippen molar-refractivity contribution in [1.82, 2.24) is 5.32 Å². The fourth-order valence-corrected chi connectivity index (χ4v) is 3.50. The van der Waals surface area contributed by atoms with Crippen LogP contribution >= 0.6 is 0 Å². The van der Waals surface area contributed by atoms with E-state index >= 15 is 0 Å². The topological polar surface area (TPSA) is 164 Å². The largest absolute Gasteiger partial charge is 0.481 e. The molecular formula is C26H51NO8. The Morgan fingerprint density at radius 2 is 1.20 bits per heavy atom. The molecule has 0 unspecified atom stereocenters. The van der Waals surface area contributed by atoms with Gasteiger partial charge in [0.1, 0.15) is 12.1 Å². The van der Waals surface area contributed by atoms with Crippen molar-refractivity contribution in [3.63, 3.8) is 0 Å². The van der Waals surface area contributed by atoms with Crippen LogP contribution in [0, 0.1) is 0 Å². The SMILES string of the molecule is CCCCCCCCCCCCCCCCCC(=O)O.O=C1CC[C@@H](C(=O)O)N1.OCC(O)CO. The molecule has 1 aliphatic rings. The predicted octanol–water partition coefficient (Wildman–Crippen LogP) is 4.01. The second kappa shape index (κ2) is 26.9. The van der Waals surface area contributed by atoms with Gasteiger partial charge in [-0.15, -0.1) is 0 Å². The summed E-state index contributed by atoms with van der Waals surface area (Å²) >= 11 is 0. The molecule has 1 atom stereocenters. The van der Waals surface area contributed by atoms with Crippen LogP contribution in [0.5, 0.6) is 0 Å². The van der Waals surface area contributed by atoms with E-state index in [-0.39, 0.29) is 19.1 Å². The summed E-state index contributed by atoms with van der Waals surface area (Å²) in [6, 6.07) is -0.641. The van der Waals surface area contributed by atoms with E-state index in [1.807, 2.05) is 0 Å². The van der Waals surface area contributed by atoms with Gasteiger partial charge >= 0.3 is 11.9 Å². The minimum atomic E-state index is -0.954. The average Bonchev–Trinajstić information content (AvgIpc) is 3.28. The number of aliphatic hydroxyl groups excluding tert-OH is 3. The van der Waals surface area contributed by atoms with Gasteiger partial charge in [-0.1, -0.05) is 96.8 Å². The van der Waals surface area contributed by atoms with Crippen LogP contribution in [0.4, 0.5) is 0 Å². The summed E-state index contributed by atoms with van der Waals surface area (Å²) in [5.41, 5.74) is 0. The van der Waals surface area contributed by atoms with Gasteiger partial charge in [-0.2, -0.15) is 0 Å². The van der Waals surface area contributed by atoms with Gasteiger partial charge in [0, 0.05) is 12.8 Å². The Hall–Kier alpha value is -1.71. The standard InChI is InChI=1S/C18H36O2.C5H7NO3.C3H8O3/c1-2-3-4-5-6-7-8-9-10-11-12-13-14-15-16-17-18(19)20;7-4-2-1-3(6-4)5(8)9;4-1-3(6)2-5/h2-17H2,1H3,(H,19,20);3H,1-2H2,(H,6,7)(H,8,9);3-6H,1-2H2/t;3-;/m.0./s1. The summed E-state index contributed by atoms with van der Waals surface area (Å²) in [5, 5.41) is 43.2. The van der Waals surface area contributed by atoms with Crippen molar-refractivity contribution in [2.45, 2.75) is 135 Å². The molecule has 1 aliphatic heterocycles. The molecule has 1 fully saturated rings. The summed E-state index contributed by atoms with van der Waals surface area (Å²) in [5.74, 6) is -1.76. The number of hydrogen-bond donors (Lipinski definition) is 6. The quantitative estimate of drug-likeness (QED) is 0.143. The monoisotopic (exact) mass is 505 g/mol. The van der Waals surface area contributed by atoms with Crippen LogP contribution in [0.1, 0.15) is 122 Å². The molecule has 0 bridgehead atoms. The minimum absolute atomic E-state index is 0.164. The normalized spacial score (nSPS) is 14.5. The summed E-state index contributed by atoms with van der Waals surface area (Å²) < 4.78 is 0. The Kier molecular flexibility index (Phi) is 27.2. The Morgan fingerprint density at radius 3 is 1.43 bits per heavy atom. The fourth-order valence-electron chi connectivity index (χ4n) is 3.50. The first-order valence-electron chi connectivity index (χ1n) is 13.4. The van der Waals surface area contributed by atoms with Crippen molar-refractivity contribution in [3.05, 3.63) is 0 Å². The second-order valence-corrected chi connectivity index (χ2v) is 9.11. The van der Waals surface area contributed by atoms with E-state index in [1.165, 1.54) is 83.5 Å². The van der Waals surface area contributed by atoms with E-state index in [1.54, 1.807) is 0 Å². The average molecular weight is 506 g/mol. The number of hydrogen-bond acceptors (Lipinski definition) is 6. The molecule has 1 amide bonds. The van der Waals surface area contributed by atoms with Gasteiger partial charge in [0.25, 0.3) is 0 Å². The number of rotatable bonds is 19. The number of unbranched alkanes of at least 4 members (excludes halogenated alkanes) is 14. The maximum absolute atomic E-state index is 10.4. The minimum Gasteiger partial charge on any atom is -0.481 e. The van der Waals surface area contributed by atoms with Crippen LogP contribution in [0.2, 0.25) is 0 Å². The Labute approximate surface area is 211 Å². The Balaban J connectivity index is 0. The molecule has 1 heterocycles. The van der Waals surface area contributed by atoms with E-state index in [4.69, 9.17) is 25.5 Å². The van der Waals surface area contributed by atoms with Crippen LogP contribution in [0.25, 0.3) is 0 Å². The molecule has 0 aromatic carbocycles. The molecule has 6 N–H and O–H groups in total. The van der Waals surface area contributed by atoms with Crippen LogP contribution in [-0.4, -0.2) is 68.7 Å². The third kappa shape index (κ3) is 28.4. The number of nitrogens with one attached hydrogen (secondary N) is 1. The third-order valence-electron chi connectivity index (χ3n) is 5.71. The van der Waals surface area contributed by atoms with E-state index in [2.05, 4.69) is 12.2 Å². The molecule has 0 aliphatic carbocycles. The smallest absolute Gasteiger partial charge is 0.326 e. The molecule has 35 heavy (non-hydrogen) atoms. The highest BCUT2D eigenvalue weighted by molar-refractivity contribution is 5.87. The second-order valence-electron chi connectivity index (χ2n) is 9.11. The third-order valence-corrected chi connectivity index (χ3v) is 5.71. The molecule has 0 radical (unpaired) electrons. The van der Waals surface area contributed by atoms with Gasteiger partial charge in [-0.05, 0) is 12.8 Å². The molecule has 0 aromatic heterocycles. The first-order chi connectivity index (χ1) is 16.8. The number of amides is 1. The van der Waals surface area contributed by atoms with Crippen molar-refractivity contribution in [2.75, 3.05) is 13.2 Å². The lowest BCUT2D eigenvalue weighted by molar-refractivity contribution is -0.140. The van der Waals surface area contributed by atoms with E-state index in [0.717, 1.165) is 12.8 Å². The van der Waals surface area contributed by atoms with Crippen molar-refractivity contribution in [3.8, 4) is 0 Å². The van der Waals surface area contributed by atoms with Gasteiger partial charge in [0.15, 0.2) is 0 Å². The molecule has 1 rings (SSSR count). The van der Waals surface area contributed by atoms with Gasteiger partial charge in [0.2, 0.25) is 5.91 Å². The molecule has 0 spiro atoms. The highest BCUT2D eigenvalue weighted by Gasteiger charge is 2.26. The zero-order valence-corrected chi connectivity index (χ0v) is 21.8. The van der Waals surface area contributed by atoms with Gasteiger partial charge in [-0.25, -0.2) is 4.79 Å². The molecular weight excluding hydrogens is 454 g/mol. The summed E-state index contributed by atoms with van der Waals surface area (Å²) in [4.78, 5) is 30.8. The van der Waals surface area contributed by atoms with E-state index < -0.39 is 24.1 Å². The first-order valence-corrected chi connectivity index (χ1v) is 13.4. The van der Waals surface area contributed by atoms with E-state index in [9.17, 15) is 14.4 Å². The van der Waals surface area contributed by atoms with Crippen LogP contribution in [0.15, 0.2) is 0 Å². The molecule has 0 saturated carbocycles. The predicted molar refractivity (Wildman–Crippen MR) is 136 cm³/mol. The highest BCUT2D eigenvalue weighted by atomic mass is 16.4. The lowest BCUT2D eigenvalue weighted by Gasteiger charge is -2.03. The number of carbonyl (C=O) groups is 3. The fraction of sp³-hybridized carbons (Fsp3) is 0.885. The van der Waals surface area contributed by atoms with Crippen molar-refractivity contribution < 1.29 is 39.9 Å². The Bertz CT molecular complexity index is 512. The van der Waals surface area contributed by atoms with Crippen LogP contribution < -0.4 is 5.32 Å². The molecule has 9 nitrogen and oxygen atoms in total. The molecule has 1 saturated heterocycles. The van der Waals surface area contributed by atoms with Crippen molar-refractivity contribution in [2.24, 2.45) is 0 Å². The summed E-state index contributed by atoms with van der Waals surface area (Å²) in [6.45, 7) is 1.54. The maximum Gasteiger partial charge on any atom is 0.326 e. The highest BCUT2D eigenvalue weighted by Crippen LogP contribution is 2.13. The van der Waals surface area contributed by atoms with Crippen molar-refractivity contribution in [1.29, 1.82) is 0 Å². The number of carbonyl (C=O) groups excluding carboxylic acids is 1. The zero-order valence-electron chi connectivity index (χ0n) is 21.8. The van der Waals surface area contributed by atoms with Crippen LogP contribution in [-0.2, 0) is 14.4 Å². The van der Waals surface area contributed by atoms with Crippen LogP contribution in [0.3, 0.4) is 0 Å². The van der Waals surface area contributed by atoms with Crippen molar-refractivity contribution >= 4 is 17.8 Å². The zero-order chi connectivity index (χ0) is 26.7. The number of aliphatic hydroxyl groups is 3. The lowest BCUT2D eigenvalue weighted by atomic mass is 10.0. The van der Waals surface area contributed by atoms with Gasteiger partial charge < -0.3 is 30.8 Å². The Morgan fingerprint density at radius 1 is 0.800 bits per heavy atom. The molecule has 9 heteroatoms. The lowest BCUT2D eigenvalue weighted by Crippen LogP contribution is -2.32. The number of carboxylic acids is 2.